The van der Waals surface area contributed by atoms with E-state index in [2.05, 4.69) is 10.6 Å². The van der Waals surface area contributed by atoms with Gasteiger partial charge in [-0.05, 0) is 12.8 Å². The second-order valence-electron chi connectivity index (χ2n) is 15.2. The van der Waals surface area contributed by atoms with Crippen LogP contribution in [0.25, 0.3) is 0 Å². The molecule has 24 nitrogen and oxygen atoms in total. The number of aliphatic hydroxyl groups excluding tert-OH is 16. The van der Waals surface area contributed by atoms with Crippen LogP contribution in [0.5, 0.6) is 0 Å². The Kier molecular flexibility index (Phi) is 25.4. The number of carbonyl (C=O) groups excluding carboxylic acids is 2. The normalized spacial score (nSPS) is 31.3. The van der Waals surface area contributed by atoms with Crippen LogP contribution in [0, 0.1) is 0 Å². The van der Waals surface area contributed by atoms with Crippen LogP contribution in [0.1, 0.15) is 64.2 Å². The highest BCUT2D eigenvalue weighted by Gasteiger charge is 2.46. The maximum absolute atomic E-state index is 12.3. The highest BCUT2D eigenvalue weighted by atomic mass is 16.7. The Hall–Kier alpha value is -1.86. The molecule has 0 spiro atoms. The maximum atomic E-state index is 12.3. The van der Waals surface area contributed by atoms with Gasteiger partial charge in [0.1, 0.15) is 85.5 Å². The minimum atomic E-state index is -2.11. The first-order valence-electron chi connectivity index (χ1n) is 20.2. The molecule has 0 saturated carbocycles. The molecule has 2 aliphatic rings. The number of nitrogens with one attached hydrogen (secondary N) is 2. The Balaban J connectivity index is 1.49. The van der Waals surface area contributed by atoms with Crippen LogP contribution in [-0.4, -0.2) is 243 Å². The molecule has 0 radical (unpaired) electrons. The minimum absolute atomic E-state index is 0.181. The van der Waals surface area contributed by atoms with Crippen molar-refractivity contribution in [2.75, 3.05) is 39.5 Å². The van der Waals surface area contributed by atoms with Gasteiger partial charge in [0.25, 0.3) is 11.8 Å². The summed E-state index contributed by atoms with van der Waals surface area (Å²) in [5.74, 6) is -1.96. The van der Waals surface area contributed by atoms with Gasteiger partial charge in [-0.25, -0.2) is 0 Å². The molecular weight excluding hydrogens is 812 g/mol. The molecule has 18 atom stereocenters. The van der Waals surface area contributed by atoms with Gasteiger partial charge in [-0.1, -0.05) is 51.4 Å². The molecule has 60 heavy (non-hydrogen) atoms. The molecule has 0 aromatic carbocycles. The third kappa shape index (κ3) is 16.7. The Bertz CT molecular complexity index is 1110. The van der Waals surface area contributed by atoms with Crippen LogP contribution < -0.4 is 10.6 Å². The molecule has 24 heteroatoms. The average Bonchev–Trinajstić information content (AvgIpc) is 3.24. The van der Waals surface area contributed by atoms with E-state index in [1.807, 2.05) is 0 Å². The van der Waals surface area contributed by atoms with E-state index in [0.717, 1.165) is 51.4 Å². The van der Waals surface area contributed by atoms with Crippen LogP contribution in [0.3, 0.4) is 0 Å². The van der Waals surface area contributed by atoms with E-state index < -0.39 is 148 Å². The first-order chi connectivity index (χ1) is 28.4. The van der Waals surface area contributed by atoms with Crippen molar-refractivity contribution < 1.29 is 110 Å². The fourth-order valence-corrected chi connectivity index (χ4v) is 6.43. The van der Waals surface area contributed by atoms with Gasteiger partial charge in [0.2, 0.25) is 0 Å². The summed E-state index contributed by atoms with van der Waals surface area (Å²) in [6.45, 7) is -2.63. The predicted molar refractivity (Wildman–Crippen MR) is 200 cm³/mol. The van der Waals surface area contributed by atoms with E-state index >= 15 is 0 Å². The van der Waals surface area contributed by atoms with E-state index in [1.165, 1.54) is 0 Å². The minimum Gasteiger partial charge on any atom is -0.394 e. The quantitative estimate of drug-likeness (QED) is 0.0310. The first kappa shape index (κ1) is 54.3. The summed E-state index contributed by atoms with van der Waals surface area (Å²) in [5, 5.41) is 164. The van der Waals surface area contributed by atoms with Crippen molar-refractivity contribution in [2.45, 2.75) is 174 Å². The lowest BCUT2D eigenvalue weighted by atomic mass is 9.99. The monoisotopic (exact) mass is 880 g/mol. The fourth-order valence-electron chi connectivity index (χ4n) is 6.43. The van der Waals surface area contributed by atoms with Crippen LogP contribution in [0.4, 0.5) is 0 Å². The summed E-state index contributed by atoms with van der Waals surface area (Å²) in [6.07, 6.45) is -24.1. The van der Waals surface area contributed by atoms with Gasteiger partial charge in [0.05, 0.1) is 26.4 Å². The lowest BCUT2D eigenvalue weighted by Crippen LogP contribution is -2.59. The van der Waals surface area contributed by atoms with Gasteiger partial charge in [-0.15, -0.1) is 0 Å². The van der Waals surface area contributed by atoms with Crippen LogP contribution in [0.2, 0.25) is 0 Å². The molecule has 0 aliphatic carbocycles. The number of carbonyl (C=O) groups is 2. The van der Waals surface area contributed by atoms with E-state index in [1.54, 1.807) is 0 Å². The second-order valence-corrected chi connectivity index (χ2v) is 15.2. The molecule has 0 aromatic rings. The second kappa shape index (κ2) is 28.0. The van der Waals surface area contributed by atoms with Gasteiger partial charge >= 0.3 is 0 Å². The number of unbranched alkanes of at least 4 members (excludes halogenated alkanes) is 9. The molecule has 2 saturated heterocycles. The molecule has 2 aliphatic heterocycles. The summed E-state index contributed by atoms with van der Waals surface area (Å²) in [6, 6.07) is 0. The summed E-state index contributed by atoms with van der Waals surface area (Å²) in [4.78, 5) is 24.5. The molecule has 2 rings (SSSR count). The SMILES string of the molecule is O=C(NCCCCCCCCCCCCNC(=O)[C@H](O)[C@@H](O)[C@H](O)[C@H](O)CO[C@H]1O[C@H](CO)[C@H](O)[C@H](O)[C@H]1O)[C@H](O)[C@@H](O)[C@H](O)[C@H](O)CO[C@H]1O[C@H](CO)[C@H](O)[C@H](O)[C@H]1O. The van der Waals surface area contributed by atoms with E-state index in [0.29, 0.717) is 12.8 Å². The Morgan fingerprint density at radius 1 is 0.450 bits per heavy atom. The predicted octanol–water partition coefficient (Wildman–Crippen LogP) is -8.36. The van der Waals surface area contributed by atoms with Crippen LogP contribution in [-0.2, 0) is 28.5 Å². The molecule has 2 fully saturated rings. The third-order valence-electron chi connectivity index (χ3n) is 10.4. The van der Waals surface area contributed by atoms with Crippen molar-refractivity contribution in [3.63, 3.8) is 0 Å². The van der Waals surface area contributed by atoms with Crippen molar-refractivity contribution >= 4 is 11.8 Å². The number of ether oxygens (including phenoxy) is 4. The molecule has 2 heterocycles. The number of aliphatic hydroxyl groups is 16. The van der Waals surface area contributed by atoms with Crippen molar-refractivity contribution in [3.05, 3.63) is 0 Å². The molecule has 2 amide bonds. The lowest BCUT2D eigenvalue weighted by molar-refractivity contribution is -0.306. The largest absolute Gasteiger partial charge is 0.394 e. The van der Waals surface area contributed by atoms with Crippen LogP contribution >= 0.6 is 0 Å². The number of rotatable bonds is 29. The van der Waals surface area contributed by atoms with E-state index in [9.17, 15) is 91.3 Å². The summed E-state index contributed by atoms with van der Waals surface area (Å²) < 4.78 is 20.5. The Labute approximate surface area is 346 Å². The van der Waals surface area contributed by atoms with Gasteiger partial charge < -0.3 is 111 Å². The smallest absolute Gasteiger partial charge is 0.251 e. The molecule has 18 N–H and O–H groups in total. The van der Waals surface area contributed by atoms with Crippen LogP contribution in [0.15, 0.2) is 0 Å². The van der Waals surface area contributed by atoms with Crippen molar-refractivity contribution in [1.29, 1.82) is 0 Å². The summed E-state index contributed by atoms with van der Waals surface area (Å²) in [5.41, 5.74) is 0. The van der Waals surface area contributed by atoms with E-state index in [-0.39, 0.29) is 13.1 Å². The lowest BCUT2D eigenvalue weighted by Gasteiger charge is -2.40. The molecular formula is C36H68N2O22. The summed E-state index contributed by atoms with van der Waals surface area (Å²) >= 11 is 0. The Morgan fingerprint density at radius 2 is 0.750 bits per heavy atom. The van der Waals surface area contributed by atoms with E-state index in [4.69, 9.17) is 18.9 Å². The molecule has 0 bridgehead atoms. The zero-order valence-electron chi connectivity index (χ0n) is 33.3. The highest BCUT2D eigenvalue weighted by Crippen LogP contribution is 2.24. The van der Waals surface area contributed by atoms with Crippen molar-refractivity contribution in [3.8, 4) is 0 Å². The van der Waals surface area contributed by atoms with Gasteiger partial charge in [0.15, 0.2) is 24.8 Å². The first-order valence-corrected chi connectivity index (χ1v) is 20.2. The maximum Gasteiger partial charge on any atom is 0.251 e. The average molecular weight is 881 g/mol. The number of amides is 2. The number of hydrogen-bond acceptors (Lipinski definition) is 22. The van der Waals surface area contributed by atoms with Crippen molar-refractivity contribution in [2.24, 2.45) is 0 Å². The van der Waals surface area contributed by atoms with Crippen molar-refractivity contribution in [1.82, 2.24) is 10.6 Å². The van der Waals surface area contributed by atoms with Gasteiger partial charge in [0, 0.05) is 13.1 Å². The topological polar surface area (TPSA) is 419 Å². The van der Waals surface area contributed by atoms with Gasteiger partial charge in [-0.2, -0.15) is 0 Å². The zero-order chi connectivity index (χ0) is 45.1. The van der Waals surface area contributed by atoms with Gasteiger partial charge in [-0.3, -0.25) is 9.59 Å². The molecule has 354 valence electrons. The zero-order valence-corrected chi connectivity index (χ0v) is 33.3. The molecule has 0 aromatic heterocycles. The highest BCUT2D eigenvalue weighted by molar-refractivity contribution is 5.81. The molecule has 0 unspecified atom stereocenters. The number of hydrogen-bond donors (Lipinski definition) is 18. The standard InChI is InChI=1S/C36H68N2O22/c39-13-19-23(45)27(49)31(53)35(59-19)57-15-17(41)21(43)25(47)29(51)33(55)37-11-9-7-5-3-1-2-4-6-8-10-12-38-34(56)30(52)26(48)22(44)18(42)16-58-36-32(54)28(50)24(46)20(14-40)60-36/h17-32,35-36,39-54H,1-16H2,(H,37,55)(H,38,56)/t17-,18-,19-,20-,21-,22-,23+,24+,25+,26+,27+,28+,29-,30-,31-,32-,35+,36+/m1/s1. The third-order valence-corrected chi connectivity index (χ3v) is 10.4. The Morgan fingerprint density at radius 3 is 1.05 bits per heavy atom. The summed E-state index contributed by atoms with van der Waals surface area (Å²) in [7, 11) is 0. The fraction of sp³-hybridized carbons (Fsp3) is 0.944.